The number of nitrogens with one attached hydrogen (secondary N) is 1. The van der Waals surface area contributed by atoms with Gasteiger partial charge in [0.2, 0.25) is 0 Å². The Hall–Kier alpha value is -0.930. The van der Waals surface area contributed by atoms with Crippen molar-refractivity contribution in [3.63, 3.8) is 0 Å². The van der Waals surface area contributed by atoms with Gasteiger partial charge < -0.3 is 14.8 Å². The third-order valence-electron chi connectivity index (χ3n) is 2.32. The lowest BCUT2D eigenvalue weighted by Gasteiger charge is -2.13. The van der Waals surface area contributed by atoms with Crippen molar-refractivity contribution in [2.24, 2.45) is 0 Å². The third-order valence-corrected chi connectivity index (χ3v) is 2.32. The molecule has 3 nitrogen and oxygen atoms in total. The summed E-state index contributed by atoms with van der Waals surface area (Å²) in [5.74, 6) is 1.65. The third kappa shape index (κ3) is 5.61. The van der Waals surface area contributed by atoms with E-state index in [0.29, 0.717) is 19.3 Å². The summed E-state index contributed by atoms with van der Waals surface area (Å²) in [4.78, 5) is 0. The molecule has 0 unspecified atom stereocenters. The molecule has 0 radical (unpaired) electrons. The molecular weight excluding hydrogens is 250 g/mol. The highest BCUT2D eigenvalue weighted by atomic mass is 35.5. The Morgan fingerprint density at radius 3 is 2.22 bits per heavy atom. The molecule has 0 aliphatic carbocycles. The van der Waals surface area contributed by atoms with Crippen molar-refractivity contribution in [2.45, 2.75) is 40.3 Å². The highest BCUT2D eigenvalue weighted by molar-refractivity contribution is 5.85. The maximum atomic E-state index is 5.58. The Labute approximate surface area is 116 Å². The molecule has 0 saturated carbocycles. The van der Waals surface area contributed by atoms with Crippen LogP contribution >= 0.6 is 12.4 Å². The number of rotatable bonds is 7. The monoisotopic (exact) mass is 273 g/mol. The van der Waals surface area contributed by atoms with Crippen LogP contribution in [0.3, 0.4) is 0 Å². The van der Waals surface area contributed by atoms with Crippen LogP contribution in [0, 0.1) is 0 Å². The maximum Gasteiger partial charge on any atom is 0.161 e. The second-order valence-electron chi connectivity index (χ2n) is 4.18. The Bertz CT molecular complexity index is 343. The van der Waals surface area contributed by atoms with Gasteiger partial charge in [0.15, 0.2) is 11.5 Å². The van der Waals surface area contributed by atoms with E-state index in [1.165, 1.54) is 5.56 Å². The summed E-state index contributed by atoms with van der Waals surface area (Å²) in [6.07, 6.45) is 0. The van der Waals surface area contributed by atoms with Gasteiger partial charge in [0.1, 0.15) is 0 Å². The number of benzene rings is 1. The Balaban J connectivity index is 0.00000289. The second-order valence-corrected chi connectivity index (χ2v) is 4.18. The summed E-state index contributed by atoms with van der Waals surface area (Å²) >= 11 is 0. The van der Waals surface area contributed by atoms with Gasteiger partial charge in [0, 0.05) is 12.6 Å². The van der Waals surface area contributed by atoms with Crippen LogP contribution < -0.4 is 14.8 Å². The standard InChI is InChI=1S/C14H23NO2.ClH/c1-5-16-13-8-7-12(10-15-11(3)4)9-14(13)17-6-2;/h7-9,11,15H,5-6,10H2,1-4H3;1H. The van der Waals surface area contributed by atoms with Gasteiger partial charge in [-0.1, -0.05) is 19.9 Å². The highest BCUT2D eigenvalue weighted by Crippen LogP contribution is 2.28. The minimum Gasteiger partial charge on any atom is -0.490 e. The molecule has 18 heavy (non-hydrogen) atoms. The Morgan fingerprint density at radius 1 is 1.06 bits per heavy atom. The fourth-order valence-corrected chi connectivity index (χ4v) is 1.53. The molecule has 4 heteroatoms. The van der Waals surface area contributed by atoms with Crippen LogP contribution in [0.15, 0.2) is 18.2 Å². The van der Waals surface area contributed by atoms with Gasteiger partial charge >= 0.3 is 0 Å². The predicted molar refractivity (Wildman–Crippen MR) is 78.0 cm³/mol. The largest absolute Gasteiger partial charge is 0.490 e. The fraction of sp³-hybridized carbons (Fsp3) is 0.571. The normalized spacial score (nSPS) is 10.1. The lowest BCUT2D eigenvalue weighted by molar-refractivity contribution is 0.287. The van der Waals surface area contributed by atoms with Gasteiger partial charge in [0.25, 0.3) is 0 Å². The maximum absolute atomic E-state index is 5.58. The van der Waals surface area contributed by atoms with Crippen molar-refractivity contribution in [1.82, 2.24) is 5.32 Å². The minimum absolute atomic E-state index is 0. The van der Waals surface area contributed by atoms with Crippen molar-refractivity contribution in [3.8, 4) is 11.5 Å². The minimum atomic E-state index is 0. The van der Waals surface area contributed by atoms with E-state index in [1.54, 1.807) is 0 Å². The summed E-state index contributed by atoms with van der Waals surface area (Å²) in [5, 5.41) is 3.39. The molecule has 0 bridgehead atoms. The van der Waals surface area contributed by atoms with Crippen LogP contribution in [-0.2, 0) is 6.54 Å². The average Bonchev–Trinajstić information content (AvgIpc) is 2.30. The van der Waals surface area contributed by atoms with Crippen molar-refractivity contribution in [3.05, 3.63) is 23.8 Å². The fourth-order valence-electron chi connectivity index (χ4n) is 1.53. The predicted octanol–water partition coefficient (Wildman–Crippen LogP) is 3.40. The van der Waals surface area contributed by atoms with Crippen LogP contribution in [0.4, 0.5) is 0 Å². The van der Waals surface area contributed by atoms with Crippen LogP contribution in [-0.4, -0.2) is 19.3 Å². The molecule has 0 aliphatic rings. The molecule has 0 aliphatic heterocycles. The van der Waals surface area contributed by atoms with E-state index < -0.39 is 0 Å². The topological polar surface area (TPSA) is 30.5 Å². The van der Waals surface area contributed by atoms with Gasteiger partial charge in [-0.25, -0.2) is 0 Å². The molecule has 1 rings (SSSR count). The molecule has 1 N–H and O–H groups in total. The first-order chi connectivity index (χ1) is 8.17. The lowest BCUT2D eigenvalue weighted by Crippen LogP contribution is -2.21. The highest BCUT2D eigenvalue weighted by Gasteiger charge is 2.06. The van der Waals surface area contributed by atoms with Crippen molar-refractivity contribution in [1.29, 1.82) is 0 Å². The first-order valence-electron chi connectivity index (χ1n) is 6.29. The number of halogens is 1. The molecule has 1 aromatic carbocycles. The molecule has 0 heterocycles. The van der Waals surface area contributed by atoms with Gasteiger partial charge in [0.05, 0.1) is 13.2 Å². The first-order valence-corrected chi connectivity index (χ1v) is 6.29. The summed E-state index contributed by atoms with van der Waals surface area (Å²) < 4.78 is 11.1. The molecule has 104 valence electrons. The van der Waals surface area contributed by atoms with Crippen molar-refractivity contribution in [2.75, 3.05) is 13.2 Å². The van der Waals surface area contributed by atoms with E-state index in [9.17, 15) is 0 Å². The summed E-state index contributed by atoms with van der Waals surface area (Å²) in [5.41, 5.74) is 1.21. The van der Waals surface area contributed by atoms with Gasteiger partial charge in [-0.2, -0.15) is 0 Å². The van der Waals surface area contributed by atoms with E-state index in [-0.39, 0.29) is 12.4 Å². The van der Waals surface area contributed by atoms with Crippen LogP contribution in [0.25, 0.3) is 0 Å². The van der Waals surface area contributed by atoms with Gasteiger partial charge in [-0.05, 0) is 31.5 Å². The van der Waals surface area contributed by atoms with E-state index in [1.807, 2.05) is 26.0 Å². The van der Waals surface area contributed by atoms with Crippen LogP contribution in [0.2, 0.25) is 0 Å². The van der Waals surface area contributed by atoms with Crippen molar-refractivity contribution >= 4 is 12.4 Å². The molecule has 0 fully saturated rings. The van der Waals surface area contributed by atoms with E-state index in [0.717, 1.165) is 18.0 Å². The zero-order valence-corrected chi connectivity index (χ0v) is 12.5. The van der Waals surface area contributed by atoms with Crippen LogP contribution in [0.1, 0.15) is 33.3 Å². The average molecular weight is 274 g/mol. The Morgan fingerprint density at radius 2 is 1.67 bits per heavy atom. The summed E-state index contributed by atoms with van der Waals surface area (Å²) in [6, 6.07) is 6.58. The molecule has 0 atom stereocenters. The SMILES string of the molecule is CCOc1ccc(CNC(C)C)cc1OCC.Cl. The molecular formula is C14H24ClNO2. The molecule has 1 aromatic rings. The van der Waals surface area contributed by atoms with E-state index in [2.05, 4.69) is 25.2 Å². The Kier molecular flexibility index (Phi) is 8.59. The zero-order chi connectivity index (χ0) is 12.7. The molecule has 0 spiro atoms. The summed E-state index contributed by atoms with van der Waals surface area (Å²) in [6.45, 7) is 10.4. The number of ether oxygens (including phenoxy) is 2. The second kappa shape index (κ2) is 9.06. The number of hydrogen-bond acceptors (Lipinski definition) is 3. The number of hydrogen-bond donors (Lipinski definition) is 1. The molecule has 0 saturated heterocycles. The van der Waals surface area contributed by atoms with E-state index >= 15 is 0 Å². The zero-order valence-electron chi connectivity index (χ0n) is 11.7. The van der Waals surface area contributed by atoms with Crippen molar-refractivity contribution < 1.29 is 9.47 Å². The van der Waals surface area contributed by atoms with Gasteiger partial charge in [-0.15, -0.1) is 12.4 Å². The van der Waals surface area contributed by atoms with Gasteiger partial charge in [-0.3, -0.25) is 0 Å². The molecule has 0 amide bonds. The molecule has 0 aromatic heterocycles. The quantitative estimate of drug-likeness (QED) is 0.826. The summed E-state index contributed by atoms with van der Waals surface area (Å²) in [7, 11) is 0. The smallest absolute Gasteiger partial charge is 0.161 e. The van der Waals surface area contributed by atoms with E-state index in [4.69, 9.17) is 9.47 Å². The van der Waals surface area contributed by atoms with Crippen LogP contribution in [0.5, 0.6) is 11.5 Å². The first kappa shape index (κ1) is 17.1. The lowest BCUT2D eigenvalue weighted by atomic mass is 10.2.